The van der Waals surface area contributed by atoms with Gasteiger partial charge in [-0.2, -0.15) is 0 Å². The van der Waals surface area contributed by atoms with Crippen LogP contribution in [0.3, 0.4) is 0 Å². The van der Waals surface area contributed by atoms with Gasteiger partial charge < -0.3 is 0 Å². The van der Waals surface area contributed by atoms with Crippen LogP contribution >= 0.6 is 11.8 Å². The molecule has 0 fully saturated rings. The monoisotopic (exact) mass is 275 g/mol. The van der Waals surface area contributed by atoms with E-state index in [1.807, 2.05) is 12.2 Å². The zero-order valence-corrected chi connectivity index (χ0v) is 11.3. The standard InChI is InChI=1S/C14H13NO3S/c1-9(16)19-7-3-2-4-10-5-6-11-12(8-10)14(18)15-13(11)17/h2,4-6,8H,3,7H2,1H3,(H,15,17,18). The Morgan fingerprint density at radius 2 is 2.00 bits per heavy atom. The van der Waals surface area contributed by atoms with Crippen molar-refractivity contribution in [3.63, 3.8) is 0 Å². The van der Waals surface area contributed by atoms with Crippen LogP contribution in [0.15, 0.2) is 24.3 Å². The molecule has 0 aromatic heterocycles. The molecule has 4 nitrogen and oxygen atoms in total. The molecule has 1 N–H and O–H groups in total. The lowest BCUT2D eigenvalue weighted by Crippen LogP contribution is -2.19. The zero-order chi connectivity index (χ0) is 13.8. The Labute approximate surface area is 115 Å². The number of benzene rings is 1. The summed E-state index contributed by atoms with van der Waals surface area (Å²) in [6.07, 6.45) is 4.62. The topological polar surface area (TPSA) is 63.2 Å². The van der Waals surface area contributed by atoms with E-state index < -0.39 is 0 Å². The fourth-order valence-corrected chi connectivity index (χ4v) is 2.32. The molecule has 0 saturated heterocycles. The van der Waals surface area contributed by atoms with Crippen LogP contribution in [0.1, 0.15) is 39.6 Å². The summed E-state index contributed by atoms with van der Waals surface area (Å²) in [6.45, 7) is 1.55. The number of fused-ring (bicyclic) bond motifs is 1. The van der Waals surface area contributed by atoms with E-state index in [9.17, 15) is 14.4 Å². The number of carbonyl (C=O) groups excluding carboxylic acids is 3. The first-order chi connectivity index (χ1) is 9.08. The Hall–Kier alpha value is -1.88. The average molecular weight is 275 g/mol. The molecule has 1 aromatic rings. The van der Waals surface area contributed by atoms with Gasteiger partial charge in [0.2, 0.25) is 0 Å². The highest BCUT2D eigenvalue weighted by atomic mass is 32.2. The minimum atomic E-state index is -0.345. The molecule has 0 unspecified atom stereocenters. The minimum Gasteiger partial charge on any atom is -0.288 e. The highest BCUT2D eigenvalue weighted by Crippen LogP contribution is 2.18. The number of rotatable bonds is 4. The van der Waals surface area contributed by atoms with E-state index in [2.05, 4.69) is 5.32 Å². The number of allylic oxidation sites excluding steroid dienone is 1. The molecule has 19 heavy (non-hydrogen) atoms. The van der Waals surface area contributed by atoms with Gasteiger partial charge in [0.15, 0.2) is 5.12 Å². The van der Waals surface area contributed by atoms with E-state index in [0.717, 1.165) is 17.7 Å². The molecule has 0 radical (unpaired) electrons. The van der Waals surface area contributed by atoms with Gasteiger partial charge in [-0.05, 0) is 24.1 Å². The second-order valence-corrected chi connectivity index (χ2v) is 5.39. The van der Waals surface area contributed by atoms with E-state index in [4.69, 9.17) is 0 Å². The molecule has 1 aromatic carbocycles. The molecular weight excluding hydrogens is 262 g/mol. The first-order valence-electron chi connectivity index (χ1n) is 5.87. The number of hydrogen-bond donors (Lipinski definition) is 1. The van der Waals surface area contributed by atoms with Crippen molar-refractivity contribution in [1.29, 1.82) is 0 Å². The molecule has 0 saturated carbocycles. The third kappa shape index (κ3) is 3.32. The first-order valence-corrected chi connectivity index (χ1v) is 6.86. The summed E-state index contributed by atoms with van der Waals surface area (Å²) >= 11 is 1.29. The van der Waals surface area contributed by atoms with Crippen molar-refractivity contribution in [3.8, 4) is 0 Å². The Morgan fingerprint density at radius 3 is 2.74 bits per heavy atom. The van der Waals surface area contributed by atoms with Gasteiger partial charge in [-0.25, -0.2) is 0 Å². The SMILES string of the molecule is CC(=O)SCCC=Cc1ccc2c(c1)C(=O)NC2=O. The number of nitrogens with one attached hydrogen (secondary N) is 1. The van der Waals surface area contributed by atoms with Gasteiger partial charge in [-0.3, -0.25) is 19.7 Å². The zero-order valence-electron chi connectivity index (χ0n) is 10.4. The van der Waals surface area contributed by atoms with Gasteiger partial charge >= 0.3 is 0 Å². The van der Waals surface area contributed by atoms with E-state index in [1.165, 1.54) is 11.8 Å². The van der Waals surface area contributed by atoms with Crippen molar-refractivity contribution < 1.29 is 14.4 Å². The fourth-order valence-electron chi connectivity index (χ4n) is 1.78. The van der Waals surface area contributed by atoms with Crippen LogP contribution in [0, 0.1) is 0 Å². The van der Waals surface area contributed by atoms with Crippen LogP contribution in [-0.2, 0) is 4.79 Å². The summed E-state index contributed by atoms with van der Waals surface area (Å²) in [5.74, 6) is 0.0613. The number of imide groups is 1. The van der Waals surface area contributed by atoms with Crippen LogP contribution in [0.4, 0.5) is 0 Å². The smallest absolute Gasteiger partial charge is 0.258 e. The molecule has 2 rings (SSSR count). The van der Waals surface area contributed by atoms with Crippen molar-refractivity contribution in [3.05, 3.63) is 41.0 Å². The van der Waals surface area contributed by atoms with Crippen LogP contribution < -0.4 is 5.32 Å². The molecule has 1 heterocycles. The lowest BCUT2D eigenvalue weighted by atomic mass is 10.1. The molecule has 0 aliphatic carbocycles. The molecule has 1 aliphatic heterocycles. The van der Waals surface area contributed by atoms with Gasteiger partial charge in [-0.1, -0.05) is 30.0 Å². The largest absolute Gasteiger partial charge is 0.288 e. The van der Waals surface area contributed by atoms with Gasteiger partial charge in [0.05, 0.1) is 11.1 Å². The Balaban J connectivity index is 2.01. The third-order valence-electron chi connectivity index (χ3n) is 2.66. The van der Waals surface area contributed by atoms with E-state index in [0.29, 0.717) is 11.1 Å². The van der Waals surface area contributed by atoms with Crippen molar-refractivity contribution in [2.45, 2.75) is 13.3 Å². The Morgan fingerprint density at radius 1 is 1.26 bits per heavy atom. The van der Waals surface area contributed by atoms with E-state index in [-0.39, 0.29) is 16.9 Å². The van der Waals surface area contributed by atoms with E-state index >= 15 is 0 Å². The minimum absolute atomic E-state index is 0.112. The number of amides is 2. The number of carbonyl (C=O) groups is 3. The average Bonchev–Trinajstić information content (AvgIpc) is 2.64. The van der Waals surface area contributed by atoms with Gasteiger partial charge in [0.25, 0.3) is 11.8 Å². The Bertz CT molecular complexity index is 578. The van der Waals surface area contributed by atoms with Crippen molar-refractivity contribution in [2.75, 3.05) is 5.75 Å². The summed E-state index contributed by atoms with van der Waals surface area (Å²) in [7, 11) is 0. The summed E-state index contributed by atoms with van der Waals surface area (Å²) < 4.78 is 0. The second-order valence-electron chi connectivity index (χ2n) is 4.12. The van der Waals surface area contributed by atoms with E-state index in [1.54, 1.807) is 25.1 Å². The Kier molecular flexibility index (Phi) is 4.16. The summed E-state index contributed by atoms with van der Waals surface area (Å²) in [6, 6.07) is 5.15. The molecule has 1 aliphatic rings. The fraction of sp³-hybridized carbons (Fsp3) is 0.214. The number of hydrogen-bond acceptors (Lipinski definition) is 4. The van der Waals surface area contributed by atoms with Crippen LogP contribution in [0.25, 0.3) is 6.08 Å². The normalized spacial score (nSPS) is 13.7. The molecule has 0 bridgehead atoms. The maximum absolute atomic E-state index is 11.5. The molecular formula is C14H13NO3S. The lowest BCUT2D eigenvalue weighted by molar-refractivity contribution is -0.109. The lowest BCUT2D eigenvalue weighted by Gasteiger charge is -1.97. The second kappa shape index (κ2) is 5.84. The highest BCUT2D eigenvalue weighted by molar-refractivity contribution is 8.13. The first kappa shape index (κ1) is 13.5. The maximum Gasteiger partial charge on any atom is 0.258 e. The third-order valence-corrected chi connectivity index (χ3v) is 3.51. The van der Waals surface area contributed by atoms with Crippen LogP contribution in [0.5, 0.6) is 0 Å². The van der Waals surface area contributed by atoms with Crippen LogP contribution in [0.2, 0.25) is 0 Å². The molecule has 98 valence electrons. The predicted molar refractivity (Wildman–Crippen MR) is 75.0 cm³/mol. The molecule has 2 amide bonds. The predicted octanol–water partition coefficient (Wildman–Crippen LogP) is 2.25. The molecule has 5 heteroatoms. The van der Waals surface area contributed by atoms with Gasteiger partial charge in [-0.15, -0.1) is 0 Å². The van der Waals surface area contributed by atoms with Gasteiger partial charge in [0.1, 0.15) is 0 Å². The summed E-state index contributed by atoms with van der Waals surface area (Å²) in [5, 5.41) is 2.37. The molecule has 0 spiro atoms. The molecule has 0 atom stereocenters. The van der Waals surface area contributed by atoms with Crippen molar-refractivity contribution >= 4 is 34.8 Å². The van der Waals surface area contributed by atoms with Gasteiger partial charge in [0, 0.05) is 12.7 Å². The van der Waals surface area contributed by atoms with Crippen molar-refractivity contribution in [2.24, 2.45) is 0 Å². The quantitative estimate of drug-likeness (QED) is 0.676. The number of thioether (sulfide) groups is 1. The highest BCUT2D eigenvalue weighted by Gasteiger charge is 2.26. The maximum atomic E-state index is 11.5. The summed E-state index contributed by atoms with van der Waals surface area (Å²) in [5.41, 5.74) is 1.72. The van der Waals surface area contributed by atoms with Crippen LogP contribution in [-0.4, -0.2) is 22.7 Å². The van der Waals surface area contributed by atoms with Crippen molar-refractivity contribution in [1.82, 2.24) is 5.32 Å². The summed E-state index contributed by atoms with van der Waals surface area (Å²) in [4.78, 5) is 33.6.